The van der Waals surface area contributed by atoms with Crippen LogP contribution in [0.15, 0.2) is 84.9 Å². The van der Waals surface area contributed by atoms with E-state index in [9.17, 15) is 9.59 Å². The number of nitrogens with one attached hydrogen (secondary N) is 1. The maximum atomic E-state index is 12.6. The number of carbonyl (C=O) groups excluding carboxylic acids is 2. The van der Waals surface area contributed by atoms with Gasteiger partial charge in [-0.3, -0.25) is 9.59 Å². The number of rotatable bonds is 8. The molecule has 4 rings (SSSR count). The lowest BCUT2D eigenvalue weighted by atomic mass is 9.99. The summed E-state index contributed by atoms with van der Waals surface area (Å²) in [6.07, 6.45) is 2.20. The highest BCUT2D eigenvalue weighted by Gasteiger charge is 2.21. The Morgan fingerprint density at radius 2 is 1.61 bits per heavy atom. The van der Waals surface area contributed by atoms with Crippen molar-refractivity contribution < 1.29 is 14.3 Å². The smallest absolute Gasteiger partial charge is 0.258 e. The van der Waals surface area contributed by atoms with Crippen LogP contribution >= 0.6 is 0 Å². The van der Waals surface area contributed by atoms with Crippen LogP contribution in [0, 0.1) is 0 Å². The van der Waals surface area contributed by atoms with Crippen molar-refractivity contribution in [1.82, 2.24) is 5.32 Å². The van der Waals surface area contributed by atoms with E-state index in [1.165, 1.54) is 0 Å². The van der Waals surface area contributed by atoms with E-state index in [0.717, 1.165) is 29.8 Å². The zero-order chi connectivity index (χ0) is 21.5. The average molecular weight is 415 g/mol. The van der Waals surface area contributed by atoms with Gasteiger partial charge in [-0.15, -0.1) is 0 Å². The number of benzene rings is 3. The van der Waals surface area contributed by atoms with Gasteiger partial charge in [-0.25, -0.2) is 0 Å². The maximum absolute atomic E-state index is 12.6. The number of hydrogen-bond donors (Lipinski definition) is 1. The highest BCUT2D eigenvalue weighted by Crippen LogP contribution is 2.24. The summed E-state index contributed by atoms with van der Waals surface area (Å²) >= 11 is 0. The van der Waals surface area contributed by atoms with Crippen molar-refractivity contribution in [2.75, 3.05) is 18.1 Å². The fraction of sp³-hybridized carbons (Fsp3) is 0.231. The van der Waals surface area contributed by atoms with Crippen LogP contribution in [-0.2, 0) is 16.0 Å². The van der Waals surface area contributed by atoms with Gasteiger partial charge in [0.2, 0.25) is 5.91 Å². The van der Waals surface area contributed by atoms with Crippen LogP contribution in [0.2, 0.25) is 0 Å². The van der Waals surface area contributed by atoms with Gasteiger partial charge in [-0.2, -0.15) is 0 Å². The molecule has 0 bridgehead atoms. The van der Waals surface area contributed by atoms with Crippen molar-refractivity contribution >= 4 is 17.5 Å². The molecule has 0 radical (unpaired) electrons. The van der Waals surface area contributed by atoms with Crippen molar-refractivity contribution in [3.05, 3.63) is 96.1 Å². The largest absolute Gasteiger partial charge is 0.484 e. The summed E-state index contributed by atoms with van der Waals surface area (Å²) in [5.74, 6) is 0.576. The van der Waals surface area contributed by atoms with Crippen LogP contribution in [0.1, 0.15) is 30.0 Å². The van der Waals surface area contributed by atoms with Crippen molar-refractivity contribution in [2.45, 2.75) is 25.3 Å². The summed E-state index contributed by atoms with van der Waals surface area (Å²) in [5, 5.41) is 3.10. The molecule has 31 heavy (non-hydrogen) atoms. The van der Waals surface area contributed by atoms with Gasteiger partial charge in [0, 0.05) is 18.7 Å². The molecule has 0 spiro atoms. The van der Waals surface area contributed by atoms with E-state index in [2.05, 4.69) is 17.4 Å². The number of anilines is 1. The van der Waals surface area contributed by atoms with Gasteiger partial charge in [0.1, 0.15) is 5.75 Å². The van der Waals surface area contributed by atoms with Gasteiger partial charge in [0.25, 0.3) is 5.91 Å². The van der Waals surface area contributed by atoms with E-state index < -0.39 is 0 Å². The molecule has 0 aliphatic carbocycles. The third kappa shape index (κ3) is 5.51. The van der Waals surface area contributed by atoms with E-state index in [1.54, 1.807) is 17.0 Å². The van der Waals surface area contributed by atoms with Crippen molar-refractivity contribution in [2.24, 2.45) is 0 Å². The Morgan fingerprint density at radius 3 is 2.26 bits per heavy atom. The molecule has 3 aromatic carbocycles. The molecule has 158 valence electrons. The molecule has 1 aliphatic heterocycles. The Bertz CT molecular complexity index is 1000. The molecular formula is C26H26N2O3. The monoisotopic (exact) mass is 414 g/mol. The highest BCUT2D eigenvalue weighted by molar-refractivity contribution is 5.95. The molecule has 1 fully saturated rings. The second-order valence-electron chi connectivity index (χ2n) is 7.65. The van der Waals surface area contributed by atoms with E-state index in [4.69, 9.17) is 4.74 Å². The third-order valence-corrected chi connectivity index (χ3v) is 5.41. The lowest BCUT2D eigenvalue weighted by molar-refractivity contribution is -0.123. The average Bonchev–Trinajstić information content (AvgIpc) is 3.25. The molecule has 1 heterocycles. The van der Waals surface area contributed by atoms with E-state index >= 15 is 0 Å². The second-order valence-corrected chi connectivity index (χ2v) is 7.65. The Morgan fingerprint density at radius 1 is 0.935 bits per heavy atom. The fourth-order valence-electron chi connectivity index (χ4n) is 3.82. The summed E-state index contributed by atoms with van der Waals surface area (Å²) in [6, 6.07) is 27.2. The predicted octanol–water partition coefficient (Wildman–Crippen LogP) is 4.29. The molecule has 1 saturated heterocycles. The standard InChI is InChI=1S/C26H26N2O3/c29-25(19-31-23-15-13-22(14-16-23)28-17-7-12-26(28)30)27-24(21-10-5-2-6-11-21)18-20-8-3-1-4-9-20/h1-6,8-11,13-16,24H,7,12,17-19H2,(H,27,29). The normalized spacial score (nSPS) is 14.3. The Hall–Kier alpha value is -3.60. The van der Waals surface area contributed by atoms with Crippen LogP contribution in [0.4, 0.5) is 5.69 Å². The lowest BCUT2D eigenvalue weighted by Gasteiger charge is -2.20. The van der Waals surface area contributed by atoms with Crippen LogP contribution in [0.3, 0.4) is 0 Å². The zero-order valence-corrected chi connectivity index (χ0v) is 17.4. The molecule has 1 atom stereocenters. The van der Waals surface area contributed by atoms with E-state index in [1.807, 2.05) is 60.7 Å². The third-order valence-electron chi connectivity index (χ3n) is 5.41. The number of ether oxygens (including phenoxy) is 1. The van der Waals surface area contributed by atoms with Crippen LogP contribution in [0.5, 0.6) is 5.75 Å². The van der Waals surface area contributed by atoms with Gasteiger partial charge >= 0.3 is 0 Å². The molecule has 5 heteroatoms. The molecule has 0 aromatic heterocycles. The van der Waals surface area contributed by atoms with Gasteiger partial charge < -0.3 is 15.0 Å². The first-order valence-corrected chi connectivity index (χ1v) is 10.6. The van der Waals surface area contributed by atoms with Gasteiger partial charge in [0.15, 0.2) is 6.61 Å². The summed E-state index contributed by atoms with van der Waals surface area (Å²) in [7, 11) is 0. The van der Waals surface area contributed by atoms with E-state index in [-0.39, 0.29) is 24.5 Å². The lowest BCUT2D eigenvalue weighted by Crippen LogP contribution is -2.33. The number of carbonyl (C=O) groups is 2. The first-order valence-electron chi connectivity index (χ1n) is 10.6. The molecule has 3 aromatic rings. The topological polar surface area (TPSA) is 58.6 Å². The zero-order valence-electron chi connectivity index (χ0n) is 17.4. The first-order chi connectivity index (χ1) is 15.2. The SMILES string of the molecule is O=C(COc1ccc(N2CCCC2=O)cc1)NC(Cc1ccccc1)c1ccccc1. The Labute approximate surface area is 182 Å². The van der Waals surface area contributed by atoms with Crippen LogP contribution < -0.4 is 15.0 Å². The molecule has 5 nitrogen and oxygen atoms in total. The first kappa shape index (κ1) is 20.7. The summed E-state index contributed by atoms with van der Waals surface area (Å²) in [5.41, 5.74) is 3.08. The van der Waals surface area contributed by atoms with Crippen molar-refractivity contribution in [1.29, 1.82) is 0 Å². The number of amides is 2. The highest BCUT2D eigenvalue weighted by atomic mass is 16.5. The second kappa shape index (κ2) is 9.94. The van der Waals surface area contributed by atoms with Gasteiger partial charge in [0.05, 0.1) is 6.04 Å². The minimum Gasteiger partial charge on any atom is -0.484 e. The molecule has 1 N–H and O–H groups in total. The van der Waals surface area contributed by atoms with Crippen molar-refractivity contribution in [3.63, 3.8) is 0 Å². The van der Waals surface area contributed by atoms with Gasteiger partial charge in [-0.05, 0) is 48.2 Å². The molecular weight excluding hydrogens is 388 g/mol. The Kier molecular flexibility index (Phi) is 6.62. The molecule has 1 aliphatic rings. The fourth-order valence-corrected chi connectivity index (χ4v) is 3.82. The number of nitrogens with zero attached hydrogens (tertiary/aromatic N) is 1. The van der Waals surface area contributed by atoms with Crippen LogP contribution in [0.25, 0.3) is 0 Å². The van der Waals surface area contributed by atoms with Gasteiger partial charge in [-0.1, -0.05) is 60.7 Å². The Balaban J connectivity index is 1.36. The predicted molar refractivity (Wildman–Crippen MR) is 121 cm³/mol. The van der Waals surface area contributed by atoms with E-state index in [0.29, 0.717) is 18.6 Å². The number of hydrogen-bond acceptors (Lipinski definition) is 3. The maximum Gasteiger partial charge on any atom is 0.258 e. The minimum atomic E-state index is -0.177. The molecule has 0 saturated carbocycles. The molecule has 2 amide bonds. The molecule has 1 unspecified atom stereocenters. The minimum absolute atomic E-state index is 0.0693. The summed E-state index contributed by atoms with van der Waals surface area (Å²) in [4.78, 5) is 26.3. The summed E-state index contributed by atoms with van der Waals surface area (Å²) < 4.78 is 5.68. The van der Waals surface area contributed by atoms with Crippen LogP contribution in [-0.4, -0.2) is 25.0 Å². The quantitative estimate of drug-likeness (QED) is 0.598. The van der Waals surface area contributed by atoms with Crippen molar-refractivity contribution in [3.8, 4) is 5.75 Å². The summed E-state index contributed by atoms with van der Waals surface area (Å²) in [6.45, 7) is 0.684.